The quantitative estimate of drug-likeness (QED) is 0.172. The Morgan fingerprint density at radius 1 is 1.03 bits per heavy atom. The van der Waals surface area contributed by atoms with E-state index in [0.717, 1.165) is 46.6 Å². The Morgan fingerprint density at radius 3 is 2.67 bits per heavy atom. The zero-order valence-corrected chi connectivity index (χ0v) is 21.1. The van der Waals surface area contributed by atoms with Gasteiger partial charge in [0.2, 0.25) is 5.27 Å². The third kappa shape index (κ3) is 4.09. The van der Waals surface area contributed by atoms with Crippen LogP contribution >= 0.6 is 11.3 Å². The van der Waals surface area contributed by atoms with Gasteiger partial charge in [0.25, 0.3) is 6.20 Å². The van der Waals surface area contributed by atoms with Gasteiger partial charge in [-0.05, 0) is 39.2 Å². The van der Waals surface area contributed by atoms with Crippen LogP contribution in [0.2, 0.25) is 0 Å². The lowest BCUT2D eigenvalue weighted by molar-refractivity contribution is -0.765. The summed E-state index contributed by atoms with van der Waals surface area (Å²) in [7, 11) is 0. The fourth-order valence-electron chi connectivity index (χ4n) is 4.75. The molecule has 3 aromatic heterocycles. The van der Waals surface area contributed by atoms with E-state index in [0.29, 0.717) is 21.5 Å². The molecule has 6 aromatic rings. The summed E-state index contributed by atoms with van der Waals surface area (Å²) < 4.78 is 35.7. The summed E-state index contributed by atoms with van der Waals surface area (Å²) >= 11 is 1.06. The molecule has 1 fully saturated rings. The average molecular weight is 540 g/mol. The summed E-state index contributed by atoms with van der Waals surface area (Å²) in [5, 5.41) is 19.5. The predicted molar refractivity (Wildman–Crippen MR) is 143 cm³/mol. The molecular formula is C29H19F2N5O2S. The Kier molecular flexibility index (Phi) is 5.38. The van der Waals surface area contributed by atoms with Crippen molar-refractivity contribution in [1.29, 1.82) is 0 Å². The number of fused-ring (bicyclic) bond motifs is 2. The molecule has 0 amide bonds. The number of nitrogen functional groups attached to an aromatic ring is 1. The van der Waals surface area contributed by atoms with Crippen LogP contribution in [0, 0.1) is 11.6 Å². The molecule has 1 aliphatic rings. The number of hydrogen-bond donors (Lipinski definition) is 1. The summed E-state index contributed by atoms with van der Waals surface area (Å²) in [5.41, 5.74) is 8.56. The molecule has 7 nitrogen and oxygen atoms in total. The summed E-state index contributed by atoms with van der Waals surface area (Å²) in [6.07, 6.45) is 3.58. The normalized spacial score (nSPS) is 13.9. The minimum absolute atomic E-state index is 0.0676. The summed E-state index contributed by atoms with van der Waals surface area (Å²) in [4.78, 5) is 9.48. The van der Waals surface area contributed by atoms with Crippen molar-refractivity contribution < 1.29 is 23.1 Å². The van der Waals surface area contributed by atoms with Crippen molar-refractivity contribution in [3.63, 3.8) is 0 Å². The van der Waals surface area contributed by atoms with Crippen LogP contribution in [0.25, 0.3) is 43.4 Å². The second-order valence-electron chi connectivity index (χ2n) is 9.40. The van der Waals surface area contributed by atoms with E-state index in [1.165, 1.54) is 12.1 Å². The molecule has 7 rings (SSSR count). The van der Waals surface area contributed by atoms with Crippen molar-refractivity contribution in [2.24, 2.45) is 4.99 Å². The Bertz CT molecular complexity index is 1940. The maximum absolute atomic E-state index is 15.1. The molecule has 0 radical (unpaired) electrons. The molecule has 0 saturated heterocycles. The zero-order valence-electron chi connectivity index (χ0n) is 20.3. The van der Waals surface area contributed by atoms with Crippen molar-refractivity contribution in [1.82, 2.24) is 10.3 Å². The average Bonchev–Trinajstić information content (AvgIpc) is 3.59. The van der Waals surface area contributed by atoms with Crippen molar-refractivity contribution in [3.05, 3.63) is 89.4 Å². The fraction of sp³-hybridized carbons (Fsp3) is 0.103. The molecule has 10 heteroatoms. The number of nitrogens with two attached hydrogens (primary N) is 1. The van der Waals surface area contributed by atoms with E-state index in [4.69, 9.17) is 15.2 Å². The Labute approximate surface area is 224 Å². The molecule has 0 aliphatic heterocycles. The maximum atomic E-state index is 15.1. The van der Waals surface area contributed by atoms with Gasteiger partial charge in [0.05, 0.1) is 16.3 Å². The van der Waals surface area contributed by atoms with Crippen LogP contribution in [0.4, 0.5) is 20.4 Å². The number of nitrogens with zero attached hydrogens (tertiary/aromatic N) is 4. The largest absolute Gasteiger partial charge is 0.857 e. The van der Waals surface area contributed by atoms with Crippen molar-refractivity contribution in [2.75, 3.05) is 5.73 Å². The molecule has 2 N–H and O–H groups in total. The van der Waals surface area contributed by atoms with Gasteiger partial charge in [-0.2, -0.15) is 0 Å². The molecule has 192 valence electrons. The number of hydrogen-bond acceptors (Lipinski definition) is 7. The van der Waals surface area contributed by atoms with Crippen molar-refractivity contribution in [2.45, 2.75) is 18.9 Å². The number of benzene rings is 3. The number of anilines is 1. The SMILES string of the molecule is Nc1c(/C([O-])=N\c2c[n+](C3CC3)no2)sc2nc(-c3cccc4ccccc34)cc(-c3ccc(F)cc3F)c12. The summed E-state index contributed by atoms with van der Waals surface area (Å²) in [6.45, 7) is 0. The van der Waals surface area contributed by atoms with Gasteiger partial charge in [-0.3, -0.25) is 4.52 Å². The van der Waals surface area contributed by atoms with E-state index < -0.39 is 17.5 Å². The number of thiophene rings is 1. The van der Waals surface area contributed by atoms with Crippen LogP contribution in [0.3, 0.4) is 0 Å². The van der Waals surface area contributed by atoms with E-state index in [1.54, 1.807) is 16.9 Å². The first-order valence-corrected chi connectivity index (χ1v) is 13.1. The second-order valence-corrected chi connectivity index (χ2v) is 10.4. The van der Waals surface area contributed by atoms with Crippen LogP contribution < -0.4 is 15.5 Å². The Balaban J connectivity index is 1.45. The topological polar surface area (TPSA) is 104 Å². The van der Waals surface area contributed by atoms with Crippen LogP contribution in [-0.4, -0.2) is 16.2 Å². The molecule has 1 aliphatic carbocycles. The van der Waals surface area contributed by atoms with E-state index in [2.05, 4.69) is 10.3 Å². The molecule has 0 atom stereocenters. The van der Waals surface area contributed by atoms with Gasteiger partial charge < -0.3 is 10.8 Å². The van der Waals surface area contributed by atoms with E-state index >= 15 is 4.39 Å². The third-order valence-electron chi connectivity index (χ3n) is 6.78. The molecule has 3 heterocycles. The highest BCUT2D eigenvalue weighted by Crippen LogP contribution is 2.43. The van der Waals surface area contributed by atoms with Gasteiger partial charge in [0.15, 0.2) is 6.04 Å². The van der Waals surface area contributed by atoms with E-state index in [9.17, 15) is 9.50 Å². The highest BCUT2D eigenvalue weighted by molar-refractivity contribution is 7.21. The van der Waals surface area contributed by atoms with Crippen LogP contribution in [-0.2, 0) is 0 Å². The number of aromatic nitrogens is 3. The number of pyridine rings is 1. The predicted octanol–water partition coefficient (Wildman–Crippen LogP) is 5.69. The van der Waals surface area contributed by atoms with Crippen molar-refractivity contribution in [3.8, 4) is 22.4 Å². The van der Waals surface area contributed by atoms with Gasteiger partial charge in [0, 0.05) is 41.3 Å². The fourth-order valence-corrected chi connectivity index (χ4v) is 5.75. The maximum Gasteiger partial charge on any atom is 0.320 e. The lowest BCUT2D eigenvalue weighted by Crippen LogP contribution is -2.32. The van der Waals surface area contributed by atoms with Gasteiger partial charge >= 0.3 is 5.88 Å². The third-order valence-corrected chi connectivity index (χ3v) is 7.87. The van der Waals surface area contributed by atoms with Crippen LogP contribution in [0.15, 0.2) is 82.4 Å². The monoisotopic (exact) mass is 539 g/mol. The van der Waals surface area contributed by atoms with Crippen molar-refractivity contribution >= 4 is 49.8 Å². The summed E-state index contributed by atoms with van der Waals surface area (Å²) in [5.74, 6) is -2.00. The first-order chi connectivity index (χ1) is 19.0. The molecule has 1 saturated carbocycles. The van der Waals surface area contributed by atoms with Gasteiger partial charge in [-0.15, -0.1) is 11.3 Å². The van der Waals surface area contributed by atoms with Gasteiger partial charge in [0.1, 0.15) is 16.5 Å². The molecule has 3 aromatic carbocycles. The van der Waals surface area contributed by atoms with E-state index in [1.807, 2.05) is 42.5 Å². The first kappa shape index (κ1) is 23.4. The minimum Gasteiger partial charge on any atom is -0.857 e. The Morgan fingerprint density at radius 2 is 1.85 bits per heavy atom. The molecule has 0 spiro atoms. The molecule has 39 heavy (non-hydrogen) atoms. The van der Waals surface area contributed by atoms with E-state index in [-0.39, 0.29) is 28.1 Å². The van der Waals surface area contributed by atoms with Gasteiger partial charge in [-0.25, -0.2) is 18.8 Å². The standard InChI is InChI=1S/C29H19F2N5O2S/c30-16-8-11-19(22(31)12-16)21-13-23(20-7-3-5-15-4-1-2-6-18(15)20)33-29-25(21)26(32)27(39-29)28(37)34-24-14-36(35-38-24)17-9-10-17/h1-8,11-14,17H,9-10H2,(H2-,32,34,35,37). The Hall–Kier alpha value is -4.70. The highest BCUT2D eigenvalue weighted by Gasteiger charge is 2.35. The summed E-state index contributed by atoms with van der Waals surface area (Å²) in [6, 6.07) is 19.1. The molecular weight excluding hydrogens is 520 g/mol. The lowest BCUT2D eigenvalue weighted by atomic mass is 9.96. The first-order valence-electron chi connectivity index (χ1n) is 12.3. The number of aliphatic imine (C=N–C) groups is 1. The number of rotatable bonds is 5. The highest BCUT2D eigenvalue weighted by atomic mass is 32.1. The minimum atomic E-state index is -0.749. The molecule has 0 bridgehead atoms. The zero-order chi connectivity index (χ0) is 26.7. The second kappa shape index (κ2) is 8.95. The smallest absolute Gasteiger partial charge is 0.320 e. The van der Waals surface area contributed by atoms with Crippen LogP contribution in [0.5, 0.6) is 0 Å². The van der Waals surface area contributed by atoms with Gasteiger partial charge in [-0.1, -0.05) is 42.5 Å². The lowest BCUT2D eigenvalue weighted by Gasteiger charge is -2.12. The van der Waals surface area contributed by atoms with Crippen LogP contribution in [0.1, 0.15) is 23.8 Å². The number of halogens is 2. The molecule has 0 unspecified atom stereocenters.